The molecule has 92 valence electrons. The fraction of sp³-hybridized carbons (Fsp3) is 0.400. The van der Waals surface area contributed by atoms with E-state index in [-0.39, 0.29) is 11.7 Å². The van der Waals surface area contributed by atoms with Crippen LogP contribution in [0.25, 0.3) is 0 Å². The summed E-state index contributed by atoms with van der Waals surface area (Å²) in [5.41, 5.74) is -0.144. The summed E-state index contributed by atoms with van der Waals surface area (Å²) in [6.07, 6.45) is 0. The summed E-state index contributed by atoms with van der Waals surface area (Å²) in [7, 11) is 0. The summed E-state index contributed by atoms with van der Waals surface area (Å²) in [6, 6.07) is 4.23. The molecular weight excluding hydrogens is 322 g/mol. The van der Waals surface area contributed by atoms with Gasteiger partial charge in [0, 0.05) is 16.7 Å². The molecule has 4 nitrogen and oxygen atoms in total. The van der Waals surface area contributed by atoms with Gasteiger partial charge in [-0.3, -0.25) is 4.57 Å². The molecule has 0 aliphatic rings. The molecule has 2 heterocycles. The van der Waals surface area contributed by atoms with Crippen LogP contribution in [0.3, 0.4) is 0 Å². The summed E-state index contributed by atoms with van der Waals surface area (Å²) in [6.45, 7) is 3.95. The SMILES string of the molecule is CC(C)n1c(SCc2ccc(Br)s2)n[nH]c1=O. The molecule has 0 aliphatic heterocycles. The number of nitrogens with zero attached hydrogens (tertiary/aromatic N) is 2. The van der Waals surface area contributed by atoms with Gasteiger partial charge in [-0.25, -0.2) is 9.89 Å². The molecule has 7 heteroatoms. The second kappa shape index (κ2) is 5.41. The maximum atomic E-state index is 11.5. The van der Waals surface area contributed by atoms with Crippen molar-refractivity contribution < 1.29 is 0 Å². The maximum Gasteiger partial charge on any atom is 0.344 e. The molecule has 1 N–H and O–H groups in total. The molecule has 0 atom stereocenters. The molecule has 0 saturated heterocycles. The number of thiophene rings is 1. The Morgan fingerprint density at radius 1 is 1.59 bits per heavy atom. The van der Waals surface area contributed by atoms with E-state index in [9.17, 15) is 4.79 Å². The molecule has 0 bridgehead atoms. The third kappa shape index (κ3) is 3.02. The zero-order chi connectivity index (χ0) is 12.4. The Morgan fingerprint density at radius 2 is 2.35 bits per heavy atom. The fourth-order valence-electron chi connectivity index (χ4n) is 1.41. The third-order valence-electron chi connectivity index (χ3n) is 2.16. The van der Waals surface area contributed by atoms with E-state index in [2.05, 4.69) is 32.2 Å². The van der Waals surface area contributed by atoms with E-state index in [1.807, 2.05) is 19.9 Å². The van der Waals surface area contributed by atoms with Gasteiger partial charge in [0.1, 0.15) is 0 Å². The maximum absolute atomic E-state index is 11.5. The van der Waals surface area contributed by atoms with Gasteiger partial charge in [0.2, 0.25) is 0 Å². The van der Waals surface area contributed by atoms with Crippen molar-refractivity contribution >= 4 is 39.0 Å². The Kier molecular flexibility index (Phi) is 4.11. The lowest BCUT2D eigenvalue weighted by molar-refractivity contribution is 0.534. The summed E-state index contributed by atoms with van der Waals surface area (Å²) < 4.78 is 2.80. The van der Waals surface area contributed by atoms with E-state index < -0.39 is 0 Å². The zero-order valence-corrected chi connectivity index (χ0v) is 12.7. The van der Waals surface area contributed by atoms with Crippen molar-refractivity contribution in [2.45, 2.75) is 30.8 Å². The van der Waals surface area contributed by atoms with Crippen LogP contribution in [-0.4, -0.2) is 14.8 Å². The van der Waals surface area contributed by atoms with Crippen molar-refractivity contribution in [3.63, 3.8) is 0 Å². The van der Waals surface area contributed by atoms with Crippen molar-refractivity contribution in [1.82, 2.24) is 14.8 Å². The van der Waals surface area contributed by atoms with Crippen molar-refractivity contribution in [1.29, 1.82) is 0 Å². The van der Waals surface area contributed by atoms with Gasteiger partial charge in [0.25, 0.3) is 0 Å². The number of H-pyrrole nitrogens is 1. The molecule has 17 heavy (non-hydrogen) atoms. The minimum absolute atomic E-state index is 0.124. The van der Waals surface area contributed by atoms with Gasteiger partial charge in [0.15, 0.2) is 5.16 Å². The highest BCUT2D eigenvalue weighted by Crippen LogP contribution is 2.28. The molecule has 2 aromatic heterocycles. The van der Waals surface area contributed by atoms with Gasteiger partial charge >= 0.3 is 5.69 Å². The highest BCUT2D eigenvalue weighted by atomic mass is 79.9. The van der Waals surface area contributed by atoms with Crippen LogP contribution in [0.5, 0.6) is 0 Å². The van der Waals surface area contributed by atoms with Crippen LogP contribution >= 0.6 is 39.0 Å². The lowest BCUT2D eigenvalue weighted by Crippen LogP contribution is -2.19. The number of aromatic amines is 1. The number of thioether (sulfide) groups is 1. The van der Waals surface area contributed by atoms with Gasteiger partial charge in [-0.2, -0.15) is 0 Å². The van der Waals surface area contributed by atoms with Crippen LogP contribution in [0.4, 0.5) is 0 Å². The van der Waals surface area contributed by atoms with E-state index in [1.54, 1.807) is 27.7 Å². The standard InChI is InChI=1S/C10H12BrN3OS2/c1-6(2)14-9(15)12-13-10(14)16-5-7-3-4-8(11)17-7/h3-4,6H,5H2,1-2H3,(H,12,15). The first-order valence-electron chi connectivity index (χ1n) is 5.12. The number of hydrogen-bond donors (Lipinski definition) is 1. The van der Waals surface area contributed by atoms with Crippen molar-refractivity contribution in [2.75, 3.05) is 0 Å². The summed E-state index contributed by atoms with van der Waals surface area (Å²) in [4.78, 5) is 12.8. The predicted octanol–water partition coefficient (Wildman–Crippen LogP) is 3.27. The molecule has 0 amide bonds. The molecule has 0 saturated carbocycles. The van der Waals surface area contributed by atoms with Crippen LogP contribution in [-0.2, 0) is 5.75 Å². The van der Waals surface area contributed by atoms with E-state index in [0.29, 0.717) is 0 Å². The van der Waals surface area contributed by atoms with Gasteiger partial charge in [0.05, 0.1) is 3.79 Å². The summed E-state index contributed by atoms with van der Waals surface area (Å²) >= 11 is 6.70. The fourth-order valence-corrected chi connectivity index (χ4v) is 4.01. The first-order chi connectivity index (χ1) is 8.08. The lowest BCUT2D eigenvalue weighted by Gasteiger charge is -2.07. The van der Waals surface area contributed by atoms with Gasteiger partial charge in [-0.15, -0.1) is 16.4 Å². The molecule has 0 aliphatic carbocycles. The number of aromatic nitrogens is 3. The van der Waals surface area contributed by atoms with E-state index in [4.69, 9.17) is 0 Å². The first-order valence-corrected chi connectivity index (χ1v) is 7.71. The third-order valence-corrected chi connectivity index (χ3v) is 4.97. The number of hydrogen-bond acceptors (Lipinski definition) is 4. The summed E-state index contributed by atoms with van der Waals surface area (Å²) in [5, 5.41) is 7.28. The normalized spacial score (nSPS) is 11.3. The van der Waals surface area contributed by atoms with Crippen molar-refractivity contribution in [2.24, 2.45) is 0 Å². The second-order valence-corrected chi connectivity index (χ2v) is 7.26. The van der Waals surface area contributed by atoms with Crippen LogP contribution < -0.4 is 5.69 Å². The molecule has 0 spiro atoms. The van der Waals surface area contributed by atoms with Crippen LogP contribution in [0, 0.1) is 0 Å². The molecule has 0 unspecified atom stereocenters. The number of rotatable bonds is 4. The molecule has 0 aromatic carbocycles. The smallest absolute Gasteiger partial charge is 0.268 e. The number of nitrogens with one attached hydrogen (secondary N) is 1. The van der Waals surface area contributed by atoms with Gasteiger partial charge < -0.3 is 0 Å². The first kappa shape index (κ1) is 12.9. The van der Waals surface area contributed by atoms with Gasteiger partial charge in [-0.05, 0) is 41.9 Å². The number of halogens is 1. The van der Waals surface area contributed by atoms with E-state index >= 15 is 0 Å². The van der Waals surface area contributed by atoms with Gasteiger partial charge in [-0.1, -0.05) is 11.8 Å². The molecule has 0 radical (unpaired) electrons. The highest BCUT2D eigenvalue weighted by molar-refractivity contribution is 9.11. The topological polar surface area (TPSA) is 50.7 Å². The Labute approximate surface area is 116 Å². The average molecular weight is 334 g/mol. The molecule has 2 rings (SSSR count). The predicted molar refractivity (Wildman–Crippen MR) is 74.8 cm³/mol. The monoisotopic (exact) mass is 333 g/mol. The van der Waals surface area contributed by atoms with Crippen LogP contribution in [0.15, 0.2) is 25.9 Å². The quantitative estimate of drug-likeness (QED) is 0.873. The Bertz CT molecular complexity index is 558. The minimum atomic E-state index is -0.144. The Morgan fingerprint density at radius 3 is 2.94 bits per heavy atom. The molecule has 0 fully saturated rings. The van der Waals surface area contributed by atoms with E-state index in [1.165, 1.54) is 4.88 Å². The lowest BCUT2D eigenvalue weighted by atomic mass is 10.4. The Hall–Kier alpha value is -0.530. The van der Waals surface area contributed by atoms with Crippen molar-refractivity contribution in [3.8, 4) is 0 Å². The average Bonchev–Trinajstić information content (AvgIpc) is 2.82. The zero-order valence-electron chi connectivity index (χ0n) is 9.44. The molecular formula is C10H12BrN3OS2. The second-order valence-electron chi connectivity index (χ2n) is 3.77. The minimum Gasteiger partial charge on any atom is -0.268 e. The van der Waals surface area contributed by atoms with Crippen LogP contribution in [0.1, 0.15) is 24.8 Å². The van der Waals surface area contributed by atoms with E-state index in [0.717, 1.165) is 14.7 Å². The van der Waals surface area contributed by atoms with Crippen LogP contribution in [0.2, 0.25) is 0 Å². The molecule has 2 aromatic rings. The largest absolute Gasteiger partial charge is 0.344 e. The summed E-state index contributed by atoms with van der Waals surface area (Å²) in [5.74, 6) is 0.827. The van der Waals surface area contributed by atoms with Crippen molar-refractivity contribution in [3.05, 3.63) is 31.3 Å². The highest BCUT2D eigenvalue weighted by Gasteiger charge is 2.12. The Balaban J connectivity index is 2.12.